The highest BCUT2D eigenvalue weighted by molar-refractivity contribution is 6.21. The molecule has 2 aromatic rings. The lowest BCUT2D eigenvalue weighted by molar-refractivity contribution is 0.0219. The van der Waals surface area contributed by atoms with E-state index in [-0.39, 0.29) is 11.8 Å². The van der Waals surface area contributed by atoms with Gasteiger partial charge in [-0.05, 0) is 49.6 Å². The van der Waals surface area contributed by atoms with Crippen LogP contribution in [0, 0.1) is 0 Å². The third-order valence-corrected chi connectivity index (χ3v) is 5.30. The lowest BCUT2D eigenvalue weighted by atomic mass is 9.97. The molecule has 160 valence electrons. The molecule has 1 atom stereocenters. The first kappa shape index (κ1) is 21.7. The second-order valence-electron chi connectivity index (χ2n) is 7.51. The van der Waals surface area contributed by atoms with Gasteiger partial charge in [-0.3, -0.25) is 14.5 Å². The number of hydrogen-bond donors (Lipinski definition) is 0. The third-order valence-electron chi connectivity index (χ3n) is 5.30. The highest BCUT2D eigenvalue weighted by Gasteiger charge is 2.39. The molecule has 0 saturated carbocycles. The Bertz CT molecular complexity index is 933. The van der Waals surface area contributed by atoms with Crippen LogP contribution in [0.4, 0.5) is 8.78 Å². The van der Waals surface area contributed by atoms with E-state index >= 15 is 0 Å². The molecule has 3 rings (SSSR count). The number of amides is 2. The van der Waals surface area contributed by atoms with Gasteiger partial charge in [-0.15, -0.1) is 0 Å². The van der Waals surface area contributed by atoms with E-state index in [2.05, 4.69) is 0 Å². The fraction of sp³-hybridized carbons (Fsp3) is 0.391. The minimum absolute atomic E-state index is 0.323. The van der Waals surface area contributed by atoms with Crippen molar-refractivity contribution >= 4 is 11.8 Å². The molecule has 0 aromatic heterocycles. The summed E-state index contributed by atoms with van der Waals surface area (Å²) >= 11 is 0. The Morgan fingerprint density at radius 2 is 1.47 bits per heavy atom. The highest BCUT2D eigenvalue weighted by atomic mass is 19.3. The average Bonchev–Trinajstić information content (AvgIpc) is 2.96. The average molecular weight is 417 g/mol. The smallest absolute Gasteiger partial charge is 0.261 e. The Morgan fingerprint density at radius 3 is 1.93 bits per heavy atom. The largest absolute Gasteiger partial charge is 0.496 e. The molecule has 7 heteroatoms. The molecule has 30 heavy (non-hydrogen) atoms. The van der Waals surface area contributed by atoms with E-state index in [9.17, 15) is 18.4 Å². The van der Waals surface area contributed by atoms with Crippen molar-refractivity contribution in [2.24, 2.45) is 0 Å². The van der Waals surface area contributed by atoms with Crippen LogP contribution in [0.2, 0.25) is 0 Å². The summed E-state index contributed by atoms with van der Waals surface area (Å²) in [4.78, 5) is 27.0. The Labute approximate surface area is 174 Å². The first-order chi connectivity index (χ1) is 14.2. The van der Waals surface area contributed by atoms with E-state index in [1.807, 2.05) is 6.92 Å². The number of imide groups is 1. The van der Waals surface area contributed by atoms with Gasteiger partial charge in [0.25, 0.3) is 11.8 Å². The molecule has 0 N–H and O–H groups in total. The van der Waals surface area contributed by atoms with E-state index < -0.39 is 18.4 Å². The van der Waals surface area contributed by atoms with Crippen LogP contribution in [-0.4, -0.2) is 42.9 Å². The Kier molecular flexibility index (Phi) is 6.10. The normalized spacial score (nSPS) is 14.7. The molecule has 2 aromatic carbocycles. The van der Waals surface area contributed by atoms with Crippen molar-refractivity contribution in [3.63, 3.8) is 0 Å². The number of halogens is 2. The molecule has 1 aliphatic heterocycles. The minimum atomic E-state index is -2.90. The molecule has 1 aliphatic rings. The summed E-state index contributed by atoms with van der Waals surface area (Å²) in [5.74, 6) is -2.80. The summed E-state index contributed by atoms with van der Waals surface area (Å²) in [7, 11) is 2.88. The summed E-state index contributed by atoms with van der Waals surface area (Å²) in [6.07, 6.45) is 0.373. The van der Waals surface area contributed by atoms with Gasteiger partial charge in [-0.1, -0.05) is 19.1 Å². The zero-order chi connectivity index (χ0) is 22.1. The number of rotatable bonds is 8. The summed E-state index contributed by atoms with van der Waals surface area (Å²) in [5.41, 5.74) is 1.80. The van der Waals surface area contributed by atoms with Crippen LogP contribution in [-0.2, 0) is 12.8 Å². The third kappa shape index (κ3) is 4.15. The van der Waals surface area contributed by atoms with Crippen molar-refractivity contribution < 1.29 is 27.8 Å². The number of fused-ring (bicyclic) bond motifs is 1. The summed E-state index contributed by atoms with van der Waals surface area (Å²) < 4.78 is 37.9. The van der Waals surface area contributed by atoms with Crippen molar-refractivity contribution in [2.75, 3.05) is 14.2 Å². The van der Waals surface area contributed by atoms with Crippen molar-refractivity contribution in [3.8, 4) is 11.5 Å². The zero-order valence-corrected chi connectivity index (χ0v) is 17.5. The fourth-order valence-electron chi connectivity index (χ4n) is 3.87. The van der Waals surface area contributed by atoms with Crippen LogP contribution in [0.25, 0.3) is 0 Å². The predicted molar refractivity (Wildman–Crippen MR) is 109 cm³/mol. The van der Waals surface area contributed by atoms with Gasteiger partial charge in [-0.25, -0.2) is 8.78 Å². The van der Waals surface area contributed by atoms with Crippen LogP contribution >= 0.6 is 0 Å². The number of nitrogens with zero attached hydrogens (tertiary/aromatic N) is 1. The van der Waals surface area contributed by atoms with Gasteiger partial charge < -0.3 is 9.47 Å². The van der Waals surface area contributed by atoms with E-state index in [0.717, 1.165) is 6.92 Å². The van der Waals surface area contributed by atoms with Crippen molar-refractivity contribution in [2.45, 2.75) is 45.1 Å². The van der Waals surface area contributed by atoms with Gasteiger partial charge in [0.05, 0.1) is 25.3 Å². The number of alkyl halides is 2. The fourth-order valence-corrected chi connectivity index (χ4v) is 3.87. The molecule has 0 radical (unpaired) electrons. The number of ether oxygens (including phenoxy) is 2. The van der Waals surface area contributed by atoms with Crippen molar-refractivity contribution in [1.82, 2.24) is 4.90 Å². The second-order valence-corrected chi connectivity index (χ2v) is 7.51. The summed E-state index contributed by atoms with van der Waals surface area (Å²) in [5, 5.41) is 0. The molecule has 0 aliphatic carbocycles. The highest BCUT2D eigenvalue weighted by Crippen LogP contribution is 2.35. The molecular formula is C23H25F2NO4. The first-order valence-electron chi connectivity index (χ1n) is 9.78. The standard InChI is InChI=1S/C23H25F2NO4/c1-5-16(26-21(27)17-8-6-7-9-18(17)22(26)28)10-14-11-20(30-4)15(12-19(14)29-3)13-23(2,24)25/h6-9,11-12,16H,5,10,13H2,1-4H3. The molecular weight excluding hydrogens is 392 g/mol. The Morgan fingerprint density at radius 1 is 0.967 bits per heavy atom. The van der Waals surface area contributed by atoms with E-state index in [4.69, 9.17) is 9.47 Å². The number of benzene rings is 2. The molecule has 0 saturated heterocycles. The zero-order valence-electron chi connectivity index (χ0n) is 17.5. The van der Waals surface area contributed by atoms with Crippen molar-refractivity contribution in [3.05, 3.63) is 58.7 Å². The van der Waals surface area contributed by atoms with E-state index in [1.165, 1.54) is 19.1 Å². The van der Waals surface area contributed by atoms with Gasteiger partial charge in [0.2, 0.25) is 5.92 Å². The Balaban J connectivity index is 1.94. The maximum Gasteiger partial charge on any atom is 0.261 e. The molecule has 0 fully saturated rings. The monoisotopic (exact) mass is 417 g/mol. The quantitative estimate of drug-likeness (QED) is 0.593. The van der Waals surface area contributed by atoms with Crippen LogP contribution in [0.15, 0.2) is 36.4 Å². The van der Waals surface area contributed by atoms with Crippen LogP contribution < -0.4 is 9.47 Å². The van der Waals surface area contributed by atoms with Gasteiger partial charge in [0.1, 0.15) is 11.5 Å². The molecule has 5 nitrogen and oxygen atoms in total. The summed E-state index contributed by atoms with van der Waals surface area (Å²) in [6, 6.07) is 9.53. The van der Waals surface area contributed by atoms with Gasteiger partial charge >= 0.3 is 0 Å². The molecule has 2 amide bonds. The lowest BCUT2D eigenvalue weighted by Gasteiger charge is -2.26. The Hall–Kier alpha value is -2.96. The number of methoxy groups -OCH3 is 2. The maximum absolute atomic E-state index is 13.6. The first-order valence-corrected chi connectivity index (χ1v) is 9.78. The van der Waals surface area contributed by atoms with Crippen molar-refractivity contribution in [1.29, 1.82) is 0 Å². The second kappa shape index (κ2) is 8.42. The van der Waals surface area contributed by atoms with Gasteiger partial charge in [0, 0.05) is 18.0 Å². The topological polar surface area (TPSA) is 55.8 Å². The molecule has 0 bridgehead atoms. The number of carbonyl (C=O) groups is 2. The van der Waals surface area contributed by atoms with Crippen LogP contribution in [0.3, 0.4) is 0 Å². The van der Waals surface area contributed by atoms with Crippen LogP contribution in [0.1, 0.15) is 52.1 Å². The predicted octanol–water partition coefficient (Wildman–Crippen LogP) is 4.52. The van der Waals surface area contributed by atoms with Gasteiger partial charge in [0.15, 0.2) is 0 Å². The molecule has 0 spiro atoms. The lowest BCUT2D eigenvalue weighted by Crippen LogP contribution is -2.40. The minimum Gasteiger partial charge on any atom is -0.496 e. The SMILES string of the molecule is CCC(Cc1cc(OC)c(CC(C)(F)F)cc1OC)N1C(=O)c2ccccc2C1=O. The van der Waals surface area contributed by atoms with E-state index in [1.54, 1.807) is 36.4 Å². The van der Waals surface area contributed by atoms with Gasteiger partial charge in [-0.2, -0.15) is 0 Å². The maximum atomic E-state index is 13.6. The number of carbonyl (C=O) groups excluding carboxylic acids is 2. The summed E-state index contributed by atoms with van der Waals surface area (Å²) in [6.45, 7) is 2.74. The molecule has 1 heterocycles. The molecule has 1 unspecified atom stereocenters. The van der Waals surface area contributed by atoms with Crippen LogP contribution in [0.5, 0.6) is 11.5 Å². The number of hydrogen-bond acceptors (Lipinski definition) is 4. The van der Waals surface area contributed by atoms with E-state index in [0.29, 0.717) is 46.6 Å².